The number of aromatic nitrogens is 2. The van der Waals surface area contributed by atoms with Crippen LogP contribution < -0.4 is 10.9 Å². The second-order valence-corrected chi connectivity index (χ2v) is 7.81. The summed E-state index contributed by atoms with van der Waals surface area (Å²) in [5.41, 5.74) is 0.331. The Kier molecular flexibility index (Phi) is 6.10. The van der Waals surface area contributed by atoms with Crippen molar-refractivity contribution in [3.05, 3.63) is 38.6 Å². The van der Waals surface area contributed by atoms with Gasteiger partial charge in [0, 0.05) is 38.3 Å². The van der Waals surface area contributed by atoms with Gasteiger partial charge in [-0.1, -0.05) is 13.3 Å². The lowest BCUT2D eigenvalue weighted by Gasteiger charge is -2.38. The van der Waals surface area contributed by atoms with E-state index in [1.165, 1.54) is 12.1 Å². The molecule has 1 unspecified atom stereocenters. The summed E-state index contributed by atoms with van der Waals surface area (Å²) in [6.45, 7) is 9.58. The van der Waals surface area contributed by atoms with Gasteiger partial charge in [0.2, 0.25) is 0 Å². The van der Waals surface area contributed by atoms with Crippen LogP contribution in [0, 0.1) is 5.82 Å². The first-order valence-electron chi connectivity index (χ1n) is 9.33. The van der Waals surface area contributed by atoms with Gasteiger partial charge < -0.3 is 5.32 Å². The van der Waals surface area contributed by atoms with Crippen molar-refractivity contribution in [1.29, 1.82) is 0 Å². The number of nitrogens with one attached hydrogen (secondary N) is 1. The smallest absolute Gasteiger partial charge is 0.261 e. The van der Waals surface area contributed by atoms with Gasteiger partial charge in [-0.25, -0.2) is 9.37 Å². The Morgan fingerprint density at radius 3 is 2.85 bits per heavy atom. The summed E-state index contributed by atoms with van der Waals surface area (Å²) in [6, 6.07) is 3.36. The van der Waals surface area contributed by atoms with E-state index >= 15 is 0 Å². The highest BCUT2D eigenvalue weighted by Crippen LogP contribution is 2.27. The van der Waals surface area contributed by atoms with Gasteiger partial charge in [0.1, 0.15) is 11.6 Å². The van der Waals surface area contributed by atoms with Crippen LogP contribution in [0.3, 0.4) is 0 Å². The van der Waals surface area contributed by atoms with Crippen LogP contribution in [0.2, 0.25) is 0 Å². The van der Waals surface area contributed by atoms with Gasteiger partial charge in [-0.3, -0.25) is 14.3 Å². The number of hydrogen-bond acceptors (Lipinski definition) is 4. The number of rotatable bonds is 5. The molecule has 26 heavy (non-hydrogen) atoms. The number of hydrogen-bond donors (Lipinski definition) is 1. The average Bonchev–Trinajstić information content (AvgIpc) is 2.61. The molecular formula is C19H26BrFN4O. The Balaban J connectivity index is 2.16. The molecule has 2 aromatic rings. The van der Waals surface area contributed by atoms with E-state index in [2.05, 4.69) is 40.0 Å². The number of piperazine rings is 1. The lowest BCUT2D eigenvalue weighted by molar-refractivity contribution is 0.132. The third-order valence-electron chi connectivity index (χ3n) is 5.04. The molecule has 142 valence electrons. The zero-order valence-electron chi connectivity index (χ0n) is 15.6. The Morgan fingerprint density at radius 1 is 1.42 bits per heavy atom. The minimum atomic E-state index is -0.396. The lowest BCUT2D eigenvalue weighted by Crippen LogP contribution is -2.51. The van der Waals surface area contributed by atoms with E-state index in [0.717, 1.165) is 38.3 Å². The second kappa shape index (κ2) is 8.15. The van der Waals surface area contributed by atoms with Gasteiger partial charge in [0.05, 0.1) is 21.4 Å². The summed E-state index contributed by atoms with van der Waals surface area (Å²) >= 11 is 3.17. The summed E-state index contributed by atoms with van der Waals surface area (Å²) in [7, 11) is 0. The van der Waals surface area contributed by atoms with Crippen molar-refractivity contribution >= 4 is 26.8 Å². The Morgan fingerprint density at radius 2 is 2.19 bits per heavy atom. The fourth-order valence-corrected chi connectivity index (χ4v) is 4.13. The highest BCUT2D eigenvalue weighted by Gasteiger charge is 2.28. The average molecular weight is 425 g/mol. The predicted octanol–water partition coefficient (Wildman–Crippen LogP) is 3.45. The van der Waals surface area contributed by atoms with Crippen molar-refractivity contribution in [1.82, 2.24) is 19.8 Å². The van der Waals surface area contributed by atoms with Gasteiger partial charge in [0.15, 0.2) is 0 Å². The van der Waals surface area contributed by atoms with Crippen LogP contribution in [0.1, 0.15) is 45.5 Å². The summed E-state index contributed by atoms with van der Waals surface area (Å²) in [6.07, 6.45) is 1.92. The number of halogens is 2. The summed E-state index contributed by atoms with van der Waals surface area (Å²) in [4.78, 5) is 20.2. The molecule has 7 heteroatoms. The third kappa shape index (κ3) is 3.70. The largest absolute Gasteiger partial charge is 0.312 e. The first kappa shape index (κ1) is 19.5. The lowest BCUT2D eigenvalue weighted by atomic mass is 10.1. The van der Waals surface area contributed by atoms with Gasteiger partial charge >= 0.3 is 0 Å². The molecule has 0 radical (unpaired) electrons. The molecule has 0 bridgehead atoms. The first-order valence-corrected chi connectivity index (χ1v) is 10.1. The van der Waals surface area contributed by atoms with Crippen molar-refractivity contribution < 1.29 is 4.39 Å². The monoisotopic (exact) mass is 424 g/mol. The SMILES string of the molecule is CCCC(c1nc2cc(F)c(Br)cc2c(=O)n1CC)N1CCN[C@@H](C)C1. The highest BCUT2D eigenvalue weighted by molar-refractivity contribution is 9.10. The zero-order chi connectivity index (χ0) is 18.8. The maximum atomic E-state index is 14.0. The van der Waals surface area contributed by atoms with Crippen molar-refractivity contribution in [2.75, 3.05) is 19.6 Å². The molecule has 0 aliphatic carbocycles. The van der Waals surface area contributed by atoms with Crippen LogP contribution in [0.15, 0.2) is 21.4 Å². The fourth-order valence-electron chi connectivity index (χ4n) is 3.79. The van der Waals surface area contributed by atoms with Crippen LogP contribution in [-0.4, -0.2) is 40.1 Å². The summed E-state index contributed by atoms with van der Waals surface area (Å²) in [5, 5.41) is 3.91. The molecule has 0 saturated carbocycles. The first-order chi connectivity index (χ1) is 12.5. The maximum Gasteiger partial charge on any atom is 0.261 e. The van der Waals surface area contributed by atoms with Crippen molar-refractivity contribution in [3.8, 4) is 0 Å². The Bertz CT molecular complexity index is 854. The van der Waals surface area contributed by atoms with Crippen molar-refractivity contribution in [2.45, 2.75) is 52.2 Å². The molecule has 1 fully saturated rings. The zero-order valence-corrected chi connectivity index (χ0v) is 17.1. The van der Waals surface area contributed by atoms with Crippen LogP contribution >= 0.6 is 15.9 Å². The number of benzene rings is 1. The Hall–Kier alpha value is -1.31. The molecule has 1 aliphatic rings. The summed E-state index contributed by atoms with van der Waals surface area (Å²) < 4.78 is 16.1. The quantitative estimate of drug-likeness (QED) is 0.798. The highest BCUT2D eigenvalue weighted by atomic mass is 79.9. The molecule has 1 N–H and O–H groups in total. The summed E-state index contributed by atoms with van der Waals surface area (Å²) in [5.74, 6) is 0.357. The minimum Gasteiger partial charge on any atom is -0.312 e. The van der Waals surface area contributed by atoms with Gasteiger partial charge in [0.25, 0.3) is 5.56 Å². The number of nitrogens with zero attached hydrogens (tertiary/aromatic N) is 3. The normalized spacial score (nSPS) is 19.8. The molecule has 2 atom stereocenters. The van der Waals surface area contributed by atoms with Crippen molar-refractivity contribution in [2.24, 2.45) is 0 Å². The van der Waals surface area contributed by atoms with Gasteiger partial charge in [-0.2, -0.15) is 0 Å². The van der Waals surface area contributed by atoms with Crippen LogP contribution in [0.4, 0.5) is 4.39 Å². The van der Waals surface area contributed by atoms with E-state index in [0.29, 0.717) is 28.0 Å². The second-order valence-electron chi connectivity index (χ2n) is 6.96. The standard InChI is InChI=1S/C19H26BrFN4O/c1-4-6-17(24-8-7-22-12(3)11-24)18-23-16-10-15(21)14(20)9-13(16)19(26)25(18)5-2/h9-10,12,17,22H,4-8,11H2,1-3H3/t12-,17?/m0/s1. The predicted molar refractivity (Wildman–Crippen MR) is 106 cm³/mol. The topological polar surface area (TPSA) is 50.2 Å². The molecule has 1 aromatic carbocycles. The molecular weight excluding hydrogens is 399 g/mol. The molecule has 0 amide bonds. The minimum absolute atomic E-state index is 0.0632. The van der Waals surface area contributed by atoms with E-state index < -0.39 is 5.82 Å². The molecule has 2 heterocycles. The molecule has 3 rings (SSSR count). The van der Waals surface area contributed by atoms with Gasteiger partial charge in [-0.15, -0.1) is 0 Å². The molecule has 1 aliphatic heterocycles. The maximum absolute atomic E-state index is 14.0. The van der Waals surface area contributed by atoms with Crippen molar-refractivity contribution in [3.63, 3.8) is 0 Å². The molecule has 0 spiro atoms. The van der Waals surface area contributed by atoms with E-state index in [9.17, 15) is 9.18 Å². The molecule has 5 nitrogen and oxygen atoms in total. The fraction of sp³-hybridized carbons (Fsp3) is 0.579. The number of fused-ring (bicyclic) bond motifs is 1. The van der Waals surface area contributed by atoms with Crippen LogP contribution in [0.25, 0.3) is 10.9 Å². The molecule has 1 aromatic heterocycles. The van der Waals surface area contributed by atoms with E-state index in [4.69, 9.17) is 4.98 Å². The molecule has 1 saturated heterocycles. The van der Waals surface area contributed by atoms with Crippen LogP contribution in [-0.2, 0) is 6.54 Å². The Labute approximate surface area is 161 Å². The van der Waals surface area contributed by atoms with E-state index in [-0.39, 0.29) is 11.6 Å². The van der Waals surface area contributed by atoms with Gasteiger partial charge in [-0.05, 0) is 42.3 Å². The van der Waals surface area contributed by atoms with E-state index in [1.54, 1.807) is 4.57 Å². The van der Waals surface area contributed by atoms with E-state index in [1.807, 2.05) is 6.92 Å². The third-order valence-corrected chi connectivity index (χ3v) is 5.65. The van der Waals surface area contributed by atoms with Crippen LogP contribution in [0.5, 0.6) is 0 Å².